The Bertz CT molecular complexity index is 1040. The van der Waals surface area contributed by atoms with Gasteiger partial charge in [0, 0.05) is 35.3 Å². The van der Waals surface area contributed by atoms with Gasteiger partial charge in [0.2, 0.25) is 0 Å². The normalized spacial score (nSPS) is 15.2. The van der Waals surface area contributed by atoms with Crippen molar-refractivity contribution >= 4 is 12.0 Å². The fourth-order valence-electron chi connectivity index (χ4n) is 3.24. The van der Waals surface area contributed by atoms with Crippen LogP contribution in [0.15, 0.2) is 59.1 Å². The Kier molecular flexibility index (Phi) is 5.33. The molecule has 29 heavy (non-hydrogen) atoms. The van der Waals surface area contributed by atoms with Crippen molar-refractivity contribution in [2.24, 2.45) is 0 Å². The maximum atomic E-state index is 12.1. The highest BCUT2D eigenvalue weighted by atomic mass is 16.5. The van der Waals surface area contributed by atoms with Crippen molar-refractivity contribution < 1.29 is 23.5 Å². The van der Waals surface area contributed by atoms with Gasteiger partial charge in [-0.05, 0) is 25.1 Å². The Balaban J connectivity index is 1.39. The number of esters is 1. The van der Waals surface area contributed by atoms with Gasteiger partial charge in [0.15, 0.2) is 12.4 Å². The van der Waals surface area contributed by atoms with Crippen molar-refractivity contribution in [1.29, 1.82) is 0 Å². The minimum Gasteiger partial charge on any atom is -0.496 e. The van der Waals surface area contributed by atoms with Gasteiger partial charge in [0.1, 0.15) is 23.3 Å². The maximum absolute atomic E-state index is 12.1. The zero-order chi connectivity index (χ0) is 20.2. The molecule has 0 aliphatic carbocycles. The largest absolute Gasteiger partial charge is 0.496 e. The van der Waals surface area contributed by atoms with Crippen LogP contribution in [0, 0.1) is 0 Å². The van der Waals surface area contributed by atoms with Crippen molar-refractivity contribution in [2.75, 3.05) is 7.11 Å². The van der Waals surface area contributed by atoms with Crippen LogP contribution in [0.5, 0.6) is 11.5 Å². The third-order valence-corrected chi connectivity index (χ3v) is 4.63. The van der Waals surface area contributed by atoms with Crippen LogP contribution in [0.25, 0.3) is 17.3 Å². The monoisotopic (exact) mass is 391 g/mol. The second kappa shape index (κ2) is 8.22. The third kappa shape index (κ3) is 4.32. The van der Waals surface area contributed by atoms with E-state index in [0.29, 0.717) is 17.2 Å². The number of nitrogens with zero attached hydrogens (tertiary/aromatic N) is 1. The Morgan fingerprint density at radius 2 is 2.07 bits per heavy atom. The first kappa shape index (κ1) is 18.8. The Labute approximate surface area is 168 Å². The fourth-order valence-corrected chi connectivity index (χ4v) is 3.24. The summed E-state index contributed by atoms with van der Waals surface area (Å²) in [7, 11) is 1.60. The molecule has 148 valence electrons. The average molecular weight is 391 g/mol. The summed E-state index contributed by atoms with van der Waals surface area (Å²) in [6, 6.07) is 15.2. The molecule has 0 spiro atoms. The topological polar surface area (TPSA) is 70.8 Å². The first-order valence-electron chi connectivity index (χ1n) is 9.36. The van der Waals surface area contributed by atoms with E-state index >= 15 is 0 Å². The van der Waals surface area contributed by atoms with Crippen molar-refractivity contribution in [3.05, 3.63) is 71.5 Å². The van der Waals surface area contributed by atoms with Crippen LogP contribution in [0.1, 0.15) is 23.8 Å². The highest BCUT2D eigenvalue weighted by molar-refractivity contribution is 5.87. The van der Waals surface area contributed by atoms with E-state index in [1.807, 2.05) is 49.4 Å². The standard InChI is InChI=1S/C23H21NO5/c1-15-10-18-12-21(26-2)17(11-22(18)28-15)8-9-23(25)27-14-19-13-20(24-29-19)16-6-4-3-5-7-16/h3-9,11-13,15H,10,14H2,1-2H3. The summed E-state index contributed by atoms with van der Waals surface area (Å²) in [5.41, 5.74) is 3.50. The summed E-state index contributed by atoms with van der Waals surface area (Å²) in [5.74, 6) is 1.50. The van der Waals surface area contributed by atoms with Crippen LogP contribution >= 0.6 is 0 Å². The van der Waals surface area contributed by atoms with E-state index in [4.69, 9.17) is 18.7 Å². The molecule has 1 aliphatic rings. The summed E-state index contributed by atoms with van der Waals surface area (Å²) in [5, 5.41) is 4.01. The Morgan fingerprint density at radius 3 is 2.86 bits per heavy atom. The first-order valence-corrected chi connectivity index (χ1v) is 9.36. The molecule has 0 saturated carbocycles. The number of hydrogen-bond acceptors (Lipinski definition) is 6. The minimum atomic E-state index is -0.487. The lowest BCUT2D eigenvalue weighted by Gasteiger charge is -2.08. The van der Waals surface area contributed by atoms with Crippen molar-refractivity contribution in [3.63, 3.8) is 0 Å². The summed E-state index contributed by atoms with van der Waals surface area (Å²) in [6.45, 7) is 2.02. The van der Waals surface area contributed by atoms with Crippen LogP contribution < -0.4 is 9.47 Å². The van der Waals surface area contributed by atoms with E-state index in [9.17, 15) is 4.79 Å². The number of rotatable bonds is 6. The second-order valence-electron chi connectivity index (χ2n) is 6.82. The van der Waals surface area contributed by atoms with E-state index in [1.54, 1.807) is 19.3 Å². The van der Waals surface area contributed by atoms with E-state index in [-0.39, 0.29) is 12.7 Å². The van der Waals surface area contributed by atoms with Gasteiger partial charge >= 0.3 is 5.97 Å². The molecule has 2 aromatic carbocycles. The molecule has 0 bridgehead atoms. The van der Waals surface area contributed by atoms with Crippen LogP contribution in [0.3, 0.4) is 0 Å². The van der Waals surface area contributed by atoms with Gasteiger partial charge in [-0.15, -0.1) is 0 Å². The highest BCUT2D eigenvalue weighted by Gasteiger charge is 2.21. The number of benzene rings is 2. The van der Waals surface area contributed by atoms with E-state index in [1.165, 1.54) is 6.08 Å². The predicted molar refractivity (Wildman–Crippen MR) is 108 cm³/mol. The van der Waals surface area contributed by atoms with E-state index in [2.05, 4.69) is 5.16 Å². The number of carbonyl (C=O) groups is 1. The van der Waals surface area contributed by atoms with Crippen molar-refractivity contribution in [1.82, 2.24) is 5.16 Å². The van der Waals surface area contributed by atoms with Crippen LogP contribution in [-0.2, 0) is 22.6 Å². The molecule has 1 aromatic heterocycles. The number of carbonyl (C=O) groups excluding carboxylic acids is 1. The van der Waals surface area contributed by atoms with Gasteiger partial charge in [-0.1, -0.05) is 35.5 Å². The molecule has 1 aliphatic heterocycles. The van der Waals surface area contributed by atoms with Crippen LogP contribution in [-0.4, -0.2) is 24.3 Å². The predicted octanol–water partition coefficient (Wildman–Crippen LogP) is 4.43. The quantitative estimate of drug-likeness (QED) is 0.457. The molecule has 2 heterocycles. The number of aromatic nitrogens is 1. The molecule has 0 amide bonds. The molecule has 1 unspecified atom stereocenters. The van der Waals surface area contributed by atoms with E-state index < -0.39 is 5.97 Å². The SMILES string of the molecule is COc1cc2c(cc1C=CC(=O)OCc1cc(-c3ccccc3)no1)OC(C)C2. The molecule has 6 heteroatoms. The van der Waals surface area contributed by atoms with Gasteiger partial charge in [-0.2, -0.15) is 0 Å². The highest BCUT2D eigenvalue weighted by Crippen LogP contribution is 2.35. The smallest absolute Gasteiger partial charge is 0.331 e. The van der Waals surface area contributed by atoms with Crippen LogP contribution in [0.2, 0.25) is 0 Å². The fraction of sp³-hybridized carbons (Fsp3) is 0.217. The van der Waals surface area contributed by atoms with E-state index in [0.717, 1.165) is 28.9 Å². The maximum Gasteiger partial charge on any atom is 0.331 e. The van der Waals surface area contributed by atoms with Crippen molar-refractivity contribution in [3.8, 4) is 22.8 Å². The number of fused-ring (bicyclic) bond motifs is 1. The third-order valence-electron chi connectivity index (χ3n) is 4.63. The second-order valence-corrected chi connectivity index (χ2v) is 6.82. The molecule has 0 N–H and O–H groups in total. The van der Waals surface area contributed by atoms with Gasteiger partial charge in [-0.3, -0.25) is 0 Å². The Hall–Kier alpha value is -3.54. The van der Waals surface area contributed by atoms with Gasteiger partial charge in [0.25, 0.3) is 0 Å². The molecule has 0 saturated heterocycles. The average Bonchev–Trinajstić information content (AvgIpc) is 3.35. The van der Waals surface area contributed by atoms with Gasteiger partial charge in [0.05, 0.1) is 7.11 Å². The van der Waals surface area contributed by atoms with Crippen molar-refractivity contribution in [2.45, 2.75) is 26.1 Å². The minimum absolute atomic E-state index is 0.00492. The molecule has 1 atom stereocenters. The zero-order valence-electron chi connectivity index (χ0n) is 16.3. The summed E-state index contributed by atoms with van der Waals surface area (Å²) >= 11 is 0. The zero-order valence-corrected chi connectivity index (χ0v) is 16.3. The number of methoxy groups -OCH3 is 1. The molecule has 4 rings (SSSR count). The summed E-state index contributed by atoms with van der Waals surface area (Å²) in [6.07, 6.45) is 4.00. The molecule has 0 fully saturated rings. The Morgan fingerprint density at radius 1 is 1.24 bits per heavy atom. The first-order chi connectivity index (χ1) is 14.1. The molecule has 0 radical (unpaired) electrons. The number of hydrogen-bond donors (Lipinski definition) is 0. The number of ether oxygens (including phenoxy) is 3. The molecule has 6 nitrogen and oxygen atoms in total. The molecule has 3 aromatic rings. The van der Waals surface area contributed by atoms with Gasteiger partial charge < -0.3 is 18.7 Å². The summed E-state index contributed by atoms with van der Waals surface area (Å²) < 4.78 is 21.7. The lowest BCUT2D eigenvalue weighted by molar-refractivity contribution is -0.139. The molecular formula is C23H21NO5. The lowest BCUT2D eigenvalue weighted by Crippen LogP contribution is -2.05. The van der Waals surface area contributed by atoms with Gasteiger partial charge in [-0.25, -0.2) is 4.79 Å². The molecular weight excluding hydrogens is 370 g/mol. The van der Waals surface area contributed by atoms with Crippen LogP contribution in [0.4, 0.5) is 0 Å². The lowest BCUT2D eigenvalue weighted by atomic mass is 10.1. The summed E-state index contributed by atoms with van der Waals surface area (Å²) in [4.78, 5) is 12.1.